The quantitative estimate of drug-likeness (QED) is 0.691. The average molecular weight is 311 g/mol. The molecule has 0 amide bonds. The lowest BCUT2D eigenvalue weighted by atomic mass is 9.78. The minimum Gasteiger partial charge on any atom is -0.496 e. The molecule has 1 nitrogen and oxygen atoms in total. The summed E-state index contributed by atoms with van der Waals surface area (Å²) in [6.45, 7) is 6.91. The summed E-state index contributed by atoms with van der Waals surface area (Å²) in [6, 6.07) is 6.53. The predicted molar refractivity (Wildman–Crippen MR) is 80.5 cm³/mol. The van der Waals surface area contributed by atoms with Gasteiger partial charge >= 0.3 is 0 Å². The van der Waals surface area contributed by atoms with Crippen LogP contribution in [0.15, 0.2) is 18.2 Å². The van der Waals surface area contributed by atoms with Gasteiger partial charge in [-0.1, -0.05) is 48.3 Å². The van der Waals surface area contributed by atoms with E-state index < -0.39 is 0 Å². The van der Waals surface area contributed by atoms with Crippen LogP contribution in [0.4, 0.5) is 0 Å². The first-order valence-electron chi connectivity index (χ1n) is 6.74. The van der Waals surface area contributed by atoms with Crippen molar-refractivity contribution in [1.82, 2.24) is 0 Å². The smallest absolute Gasteiger partial charge is 0.121 e. The number of alkyl halides is 1. The highest BCUT2D eigenvalue weighted by Crippen LogP contribution is 2.52. The van der Waals surface area contributed by atoms with E-state index in [2.05, 4.69) is 54.9 Å². The van der Waals surface area contributed by atoms with Crippen LogP contribution in [-0.4, -0.2) is 7.11 Å². The zero-order chi connectivity index (χ0) is 13.3. The monoisotopic (exact) mass is 310 g/mol. The Hall–Kier alpha value is -0.500. The average Bonchev–Trinajstić information content (AvgIpc) is 2.68. The van der Waals surface area contributed by atoms with E-state index >= 15 is 0 Å². The summed E-state index contributed by atoms with van der Waals surface area (Å²) in [4.78, 5) is 0.458. The topological polar surface area (TPSA) is 9.23 Å². The largest absolute Gasteiger partial charge is 0.496 e. The van der Waals surface area contributed by atoms with Crippen LogP contribution in [0, 0.1) is 18.3 Å². The lowest BCUT2D eigenvalue weighted by Crippen LogP contribution is -2.21. The first kappa shape index (κ1) is 13.9. The van der Waals surface area contributed by atoms with Gasteiger partial charge in [0.25, 0.3) is 0 Å². The van der Waals surface area contributed by atoms with Crippen molar-refractivity contribution < 1.29 is 4.74 Å². The van der Waals surface area contributed by atoms with E-state index in [0.29, 0.717) is 10.2 Å². The van der Waals surface area contributed by atoms with Crippen molar-refractivity contribution in [3.8, 4) is 5.75 Å². The second-order valence-electron chi connectivity index (χ2n) is 6.12. The zero-order valence-corrected chi connectivity index (χ0v) is 13.4. The van der Waals surface area contributed by atoms with Gasteiger partial charge < -0.3 is 4.74 Å². The molecule has 0 bridgehead atoms. The Balaban J connectivity index is 2.23. The maximum absolute atomic E-state index is 5.33. The third kappa shape index (κ3) is 2.59. The number of halogens is 1. The number of rotatable bonds is 3. The molecule has 2 rings (SSSR count). The molecule has 0 spiro atoms. The summed E-state index contributed by atoms with van der Waals surface area (Å²) in [5.74, 6) is 1.70. The maximum atomic E-state index is 5.33. The molecule has 2 unspecified atom stereocenters. The molecule has 0 aromatic heterocycles. The van der Waals surface area contributed by atoms with Crippen LogP contribution < -0.4 is 4.74 Å². The fourth-order valence-corrected chi connectivity index (χ4v) is 4.47. The van der Waals surface area contributed by atoms with Crippen molar-refractivity contribution >= 4 is 15.9 Å². The molecule has 1 aliphatic carbocycles. The molecule has 1 aromatic rings. The van der Waals surface area contributed by atoms with E-state index in [9.17, 15) is 0 Å². The molecule has 18 heavy (non-hydrogen) atoms. The Bertz CT molecular complexity index is 425. The molecule has 0 heterocycles. The van der Waals surface area contributed by atoms with E-state index in [-0.39, 0.29) is 0 Å². The van der Waals surface area contributed by atoms with Gasteiger partial charge in [-0.25, -0.2) is 0 Å². The summed E-state index contributed by atoms with van der Waals surface area (Å²) in [6.07, 6.45) is 4.03. The summed E-state index contributed by atoms with van der Waals surface area (Å²) in [5.41, 5.74) is 3.05. The van der Waals surface area contributed by atoms with Gasteiger partial charge in [-0.3, -0.25) is 0 Å². The maximum Gasteiger partial charge on any atom is 0.121 e. The molecule has 0 aliphatic heterocycles. The Kier molecular flexibility index (Phi) is 4.05. The summed E-state index contributed by atoms with van der Waals surface area (Å²) in [5, 5.41) is 0. The van der Waals surface area contributed by atoms with Gasteiger partial charge in [0.05, 0.1) is 7.11 Å². The first-order valence-corrected chi connectivity index (χ1v) is 7.66. The van der Waals surface area contributed by atoms with E-state index in [1.165, 1.54) is 30.4 Å². The van der Waals surface area contributed by atoms with Gasteiger partial charge in [0.2, 0.25) is 0 Å². The second-order valence-corrected chi connectivity index (χ2v) is 7.10. The molecular formula is C16H23BrO. The minimum atomic E-state index is 0.446. The highest BCUT2D eigenvalue weighted by molar-refractivity contribution is 9.09. The van der Waals surface area contributed by atoms with Crippen molar-refractivity contribution in [2.24, 2.45) is 11.3 Å². The summed E-state index contributed by atoms with van der Waals surface area (Å²) < 4.78 is 5.33. The van der Waals surface area contributed by atoms with E-state index in [1.54, 1.807) is 7.11 Å². The van der Waals surface area contributed by atoms with Crippen molar-refractivity contribution in [3.05, 3.63) is 29.3 Å². The van der Waals surface area contributed by atoms with Crippen LogP contribution in [0.3, 0.4) is 0 Å². The SMILES string of the molecule is COc1ccc(C(Br)C2CCCC2(C)C)cc1C. The molecule has 1 fully saturated rings. The van der Waals surface area contributed by atoms with Gasteiger partial charge in [0.15, 0.2) is 0 Å². The van der Waals surface area contributed by atoms with Crippen LogP contribution in [0.5, 0.6) is 5.75 Å². The number of aryl methyl sites for hydroxylation is 1. The molecule has 2 heteroatoms. The van der Waals surface area contributed by atoms with Gasteiger partial charge in [-0.2, -0.15) is 0 Å². The third-order valence-corrected chi connectivity index (χ3v) is 5.60. The van der Waals surface area contributed by atoms with Gasteiger partial charge in [-0.05, 0) is 48.3 Å². The van der Waals surface area contributed by atoms with E-state index in [1.807, 2.05) is 0 Å². The molecule has 2 atom stereocenters. The lowest BCUT2D eigenvalue weighted by Gasteiger charge is -2.31. The standard InChI is InChI=1S/C16H23BrO/c1-11-10-12(7-8-14(11)18-4)15(17)13-6-5-9-16(13,2)3/h7-8,10,13,15H,5-6,9H2,1-4H3. The highest BCUT2D eigenvalue weighted by atomic mass is 79.9. The van der Waals surface area contributed by atoms with Crippen molar-refractivity contribution in [3.63, 3.8) is 0 Å². The molecule has 100 valence electrons. The van der Waals surface area contributed by atoms with Crippen LogP contribution in [-0.2, 0) is 0 Å². The highest BCUT2D eigenvalue weighted by Gasteiger charge is 2.39. The van der Waals surface area contributed by atoms with E-state index in [0.717, 1.165) is 11.7 Å². The predicted octanol–water partition coefficient (Wildman–Crippen LogP) is 5.27. The third-order valence-electron chi connectivity index (χ3n) is 4.43. The molecule has 1 saturated carbocycles. The zero-order valence-electron chi connectivity index (χ0n) is 11.8. The van der Waals surface area contributed by atoms with Crippen LogP contribution in [0.1, 0.15) is 49.1 Å². The van der Waals surface area contributed by atoms with Gasteiger partial charge in [-0.15, -0.1) is 0 Å². The first-order chi connectivity index (χ1) is 8.45. The minimum absolute atomic E-state index is 0.446. The Morgan fingerprint density at radius 1 is 1.39 bits per heavy atom. The summed E-state index contributed by atoms with van der Waals surface area (Å²) in [7, 11) is 1.73. The number of methoxy groups -OCH3 is 1. The van der Waals surface area contributed by atoms with Crippen molar-refractivity contribution in [1.29, 1.82) is 0 Å². The molecule has 0 saturated heterocycles. The molecule has 1 aromatic carbocycles. The van der Waals surface area contributed by atoms with Gasteiger partial charge in [0, 0.05) is 4.83 Å². The fraction of sp³-hybridized carbons (Fsp3) is 0.625. The number of benzene rings is 1. The number of ether oxygens (including phenoxy) is 1. The van der Waals surface area contributed by atoms with Crippen molar-refractivity contribution in [2.45, 2.75) is 44.9 Å². The lowest BCUT2D eigenvalue weighted by molar-refractivity contribution is 0.257. The van der Waals surface area contributed by atoms with E-state index in [4.69, 9.17) is 4.74 Å². The Morgan fingerprint density at radius 3 is 2.61 bits per heavy atom. The van der Waals surface area contributed by atoms with Crippen LogP contribution in [0.25, 0.3) is 0 Å². The Morgan fingerprint density at radius 2 is 2.11 bits per heavy atom. The van der Waals surface area contributed by atoms with Crippen LogP contribution >= 0.6 is 15.9 Å². The summed E-state index contributed by atoms with van der Waals surface area (Å²) >= 11 is 3.93. The number of hydrogen-bond donors (Lipinski definition) is 0. The molecule has 0 radical (unpaired) electrons. The second kappa shape index (κ2) is 5.24. The molecular weight excluding hydrogens is 288 g/mol. The molecule has 1 aliphatic rings. The van der Waals surface area contributed by atoms with Crippen molar-refractivity contribution in [2.75, 3.05) is 7.11 Å². The van der Waals surface area contributed by atoms with Gasteiger partial charge in [0.1, 0.15) is 5.75 Å². The normalized spacial score (nSPS) is 23.9. The molecule has 0 N–H and O–H groups in total. The van der Waals surface area contributed by atoms with Crippen LogP contribution in [0.2, 0.25) is 0 Å². The number of hydrogen-bond acceptors (Lipinski definition) is 1. The Labute approximate surface area is 119 Å². The fourth-order valence-electron chi connectivity index (χ4n) is 3.20.